The van der Waals surface area contributed by atoms with Crippen LogP contribution in [0.25, 0.3) is 0 Å². The molecule has 2 aromatic rings. The molecule has 0 aliphatic heterocycles. The Labute approximate surface area is 193 Å². The number of ether oxygens (including phenoxy) is 1. The van der Waals surface area contributed by atoms with Gasteiger partial charge < -0.3 is 15.0 Å². The van der Waals surface area contributed by atoms with Crippen LogP contribution in [0.15, 0.2) is 48.5 Å². The van der Waals surface area contributed by atoms with Gasteiger partial charge >= 0.3 is 0 Å². The van der Waals surface area contributed by atoms with E-state index in [-0.39, 0.29) is 23.8 Å². The number of carbonyl (C=O) groups is 2. The Hall–Kier alpha value is -2.82. The average Bonchev–Trinajstić information content (AvgIpc) is 2.76. The molecular formula is C27H38N2O3. The summed E-state index contributed by atoms with van der Waals surface area (Å²) in [5, 5.41) is 2.93. The van der Waals surface area contributed by atoms with E-state index in [1.54, 1.807) is 4.90 Å². The second-order valence-electron chi connectivity index (χ2n) is 9.29. The molecule has 1 atom stereocenters. The third kappa shape index (κ3) is 7.40. The van der Waals surface area contributed by atoms with Gasteiger partial charge in [-0.15, -0.1) is 0 Å². The van der Waals surface area contributed by atoms with Gasteiger partial charge in [0, 0.05) is 13.1 Å². The molecule has 174 valence electrons. The number of amides is 2. The van der Waals surface area contributed by atoms with Crippen LogP contribution >= 0.6 is 0 Å². The highest BCUT2D eigenvalue weighted by Gasteiger charge is 2.28. The largest absolute Gasteiger partial charge is 0.484 e. The lowest BCUT2D eigenvalue weighted by molar-refractivity contribution is -0.143. The Morgan fingerprint density at radius 2 is 1.62 bits per heavy atom. The van der Waals surface area contributed by atoms with Gasteiger partial charge in [0.05, 0.1) is 0 Å². The molecule has 5 heteroatoms. The zero-order chi connectivity index (χ0) is 23.7. The van der Waals surface area contributed by atoms with E-state index in [1.165, 1.54) is 5.56 Å². The van der Waals surface area contributed by atoms with Gasteiger partial charge in [0.25, 0.3) is 5.91 Å². The quantitative estimate of drug-likeness (QED) is 0.568. The minimum Gasteiger partial charge on any atom is -0.484 e. The zero-order valence-electron chi connectivity index (χ0n) is 20.4. The van der Waals surface area contributed by atoms with Crippen LogP contribution in [0.2, 0.25) is 0 Å². The minimum absolute atomic E-state index is 0.0549. The van der Waals surface area contributed by atoms with E-state index in [1.807, 2.05) is 69.3 Å². The van der Waals surface area contributed by atoms with E-state index < -0.39 is 6.04 Å². The third-order valence-electron chi connectivity index (χ3n) is 5.49. The minimum atomic E-state index is -0.540. The van der Waals surface area contributed by atoms with Crippen LogP contribution < -0.4 is 10.1 Å². The number of aryl methyl sites for hydroxylation is 1. The van der Waals surface area contributed by atoms with Crippen molar-refractivity contribution < 1.29 is 14.3 Å². The van der Waals surface area contributed by atoms with Gasteiger partial charge in [0.15, 0.2) is 6.61 Å². The number of hydrogen-bond acceptors (Lipinski definition) is 3. The van der Waals surface area contributed by atoms with Gasteiger partial charge in [0.1, 0.15) is 11.8 Å². The van der Waals surface area contributed by atoms with E-state index in [0.29, 0.717) is 25.3 Å². The first-order valence-electron chi connectivity index (χ1n) is 11.5. The van der Waals surface area contributed by atoms with Crippen LogP contribution in [-0.4, -0.2) is 35.9 Å². The molecule has 0 aliphatic rings. The van der Waals surface area contributed by atoms with E-state index in [0.717, 1.165) is 17.5 Å². The Morgan fingerprint density at radius 1 is 1.00 bits per heavy atom. The highest BCUT2D eigenvalue weighted by molar-refractivity contribution is 5.88. The lowest BCUT2D eigenvalue weighted by Crippen LogP contribution is -2.50. The Morgan fingerprint density at radius 3 is 2.16 bits per heavy atom. The second-order valence-corrected chi connectivity index (χ2v) is 9.29. The molecule has 2 rings (SSSR count). The van der Waals surface area contributed by atoms with Crippen molar-refractivity contribution in [3.8, 4) is 5.75 Å². The molecule has 0 aromatic heterocycles. The number of nitrogens with one attached hydrogen (secondary N) is 1. The summed E-state index contributed by atoms with van der Waals surface area (Å²) in [6, 6.07) is 15.3. The van der Waals surface area contributed by atoms with Gasteiger partial charge in [-0.05, 0) is 48.4 Å². The topological polar surface area (TPSA) is 58.6 Å². The van der Waals surface area contributed by atoms with E-state index in [2.05, 4.69) is 26.1 Å². The lowest BCUT2D eigenvalue weighted by Gasteiger charge is -2.30. The van der Waals surface area contributed by atoms with Crippen molar-refractivity contribution in [1.82, 2.24) is 10.2 Å². The molecule has 1 N–H and O–H groups in total. The molecule has 0 heterocycles. The van der Waals surface area contributed by atoms with Gasteiger partial charge in [-0.25, -0.2) is 0 Å². The van der Waals surface area contributed by atoms with Gasteiger partial charge in [-0.3, -0.25) is 9.59 Å². The van der Waals surface area contributed by atoms with Crippen molar-refractivity contribution in [1.29, 1.82) is 0 Å². The van der Waals surface area contributed by atoms with Crippen LogP contribution in [-0.2, 0) is 21.5 Å². The maximum absolute atomic E-state index is 13.2. The summed E-state index contributed by atoms with van der Waals surface area (Å²) in [4.78, 5) is 27.6. The Balaban J connectivity index is 2.16. The molecule has 0 aliphatic carbocycles. The molecule has 0 saturated carbocycles. The predicted octanol–water partition coefficient (Wildman–Crippen LogP) is 5.00. The number of hydrogen-bond donors (Lipinski definition) is 1. The average molecular weight is 439 g/mol. The van der Waals surface area contributed by atoms with Crippen LogP contribution in [0, 0.1) is 6.92 Å². The van der Waals surface area contributed by atoms with Crippen molar-refractivity contribution in [2.75, 3.05) is 13.2 Å². The fourth-order valence-corrected chi connectivity index (χ4v) is 3.45. The van der Waals surface area contributed by atoms with Crippen LogP contribution in [0.5, 0.6) is 5.75 Å². The first-order valence-corrected chi connectivity index (χ1v) is 11.5. The van der Waals surface area contributed by atoms with Crippen LogP contribution in [0.3, 0.4) is 0 Å². The maximum Gasteiger partial charge on any atom is 0.261 e. The number of benzene rings is 2. The third-order valence-corrected chi connectivity index (χ3v) is 5.49. The molecule has 0 bridgehead atoms. The Bertz CT molecular complexity index is 867. The standard InChI is InChI=1S/C27H38N2O3/c1-7-17-28-26(31)24(8-2)29(18-21-11-9-20(3)10-12-21)25(30)19-32-23-15-13-22(14-16-23)27(4,5)6/h9-16,24H,7-8,17-19H2,1-6H3,(H,28,31). The first kappa shape index (κ1) is 25.4. The van der Waals surface area contributed by atoms with Crippen molar-refractivity contribution in [3.63, 3.8) is 0 Å². The monoisotopic (exact) mass is 438 g/mol. The molecule has 1 unspecified atom stereocenters. The predicted molar refractivity (Wildman–Crippen MR) is 130 cm³/mol. The molecule has 0 fully saturated rings. The SMILES string of the molecule is CCCNC(=O)C(CC)N(Cc1ccc(C)cc1)C(=O)COc1ccc(C(C)(C)C)cc1. The smallest absolute Gasteiger partial charge is 0.261 e. The first-order chi connectivity index (χ1) is 15.2. The summed E-state index contributed by atoms with van der Waals surface area (Å²) < 4.78 is 5.81. The number of carbonyl (C=O) groups excluding carboxylic acids is 2. The van der Waals surface area contributed by atoms with E-state index in [9.17, 15) is 9.59 Å². The van der Waals surface area contributed by atoms with Gasteiger partial charge in [-0.1, -0.05) is 76.6 Å². The normalized spacial score (nSPS) is 12.2. The fourth-order valence-electron chi connectivity index (χ4n) is 3.45. The van der Waals surface area contributed by atoms with E-state index in [4.69, 9.17) is 4.74 Å². The van der Waals surface area contributed by atoms with Crippen molar-refractivity contribution in [2.45, 2.75) is 72.4 Å². The van der Waals surface area contributed by atoms with Crippen LogP contribution in [0.1, 0.15) is 64.2 Å². The number of rotatable bonds is 10. The lowest BCUT2D eigenvalue weighted by atomic mass is 9.87. The number of nitrogens with zero attached hydrogens (tertiary/aromatic N) is 1. The molecular weight excluding hydrogens is 400 g/mol. The highest BCUT2D eigenvalue weighted by atomic mass is 16.5. The van der Waals surface area contributed by atoms with Crippen LogP contribution in [0.4, 0.5) is 0 Å². The van der Waals surface area contributed by atoms with Gasteiger partial charge in [-0.2, -0.15) is 0 Å². The van der Waals surface area contributed by atoms with Crippen molar-refractivity contribution in [2.24, 2.45) is 0 Å². The molecule has 2 aromatic carbocycles. The van der Waals surface area contributed by atoms with E-state index >= 15 is 0 Å². The molecule has 5 nitrogen and oxygen atoms in total. The molecule has 0 radical (unpaired) electrons. The van der Waals surface area contributed by atoms with Crippen molar-refractivity contribution in [3.05, 3.63) is 65.2 Å². The maximum atomic E-state index is 13.2. The summed E-state index contributed by atoms with van der Waals surface area (Å²) in [7, 11) is 0. The molecule has 2 amide bonds. The fraction of sp³-hybridized carbons (Fsp3) is 0.481. The summed E-state index contributed by atoms with van der Waals surface area (Å²) >= 11 is 0. The Kier molecular flexibility index (Phi) is 9.30. The van der Waals surface area contributed by atoms with Crippen molar-refractivity contribution >= 4 is 11.8 Å². The summed E-state index contributed by atoms with van der Waals surface area (Å²) in [6.07, 6.45) is 1.38. The van der Waals surface area contributed by atoms with Gasteiger partial charge in [0.2, 0.25) is 5.91 Å². The summed E-state index contributed by atoms with van der Waals surface area (Å²) in [6.45, 7) is 13.3. The zero-order valence-corrected chi connectivity index (χ0v) is 20.4. The summed E-state index contributed by atoms with van der Waals surface area (Å²) in [5.74, 6) is 0.318. The molecule has 0 spiro atoms. The molecule has 32 heavy (non-hydrogen) atoms. The summed E-state index contributed by atoms with van der Waals surface area (Å²) in [5.41, 5.74) is 3.40. The molecule has 0 saturated heterocycles. The highest BCUT2D eigenvalue weighted by Crippen LogP contribution is 2.24. The second kappa shape index (κ2) is 11.7.